The van der Waals surface area contributed by atoms with Gasteiger partial charge in [0.2, 0.25) is 0 Å². The first kappa shape index (κ1) is 19.6. The number of nitrogens with two attached hydrogens (primary N) is 1. The van der Waals surface area contributed by atoms with Gasteiger partial charge in [-0.05, 0) is 43.9 Å². The second-order valence-electron chi connectivity index (χ2n) is 7.65. The van der Waals surface area contributed by atoms with E-state index in [1.165, 1.54) is 12.4 Å². The van der Waals surface area contributed by atoms with Gasteiger partial charge >= 0.3 is 6.61 Å². The lowest BCUT2D eigenvalue weighted by atomic mass is 9.91. The number of halogens is 2. The highest BCUT2D eigenvalue weighted by Gasteiger charge is 2.27. The first-order valence-corrected chi connectivity index (χ1v) is 10.1. The minimum atomic E-state index is -2.93. The first-order valence-electron chi connectivity index (χ1n) is 10.1. The Morgan fingerprint density at radius 2 is 2.06 bits per heavy atom. The molecule has 0 saturated heterocycles. The number of hydrogen-bond acceptors (Lipinski definition) is 6. The Morgan fingerprint density at radius 3 is 2.84 bits per heavy atom. The van der Waals surface area contributed by atoms with Crippen molar-refractivity contribution in [3.63, 3.8) is 0 Å². The van der Waals surface area contributed by atoms with Crippen LogP contribution in [0.5, 0.6) is 5.75 Å². The third kappa shape index (κ3) is 3.74. The number of ether oxygens (including phenoxy) is 1. The van der Waals surface area contributed by atoms with Gasteiger partial charge < -0.3 is 15.0 Å². The molecule has 0 aliphatic heterocycles. The fraction of sp³-hybridized carbons (Fsp3) is 0.333. The molecule has 2 atom stereocenters. The summed E-state index contributed by atoms with van der Waals surface area (Å²) in [6.45, 7) is -2.93. The van der Waals surface area contributed by atoms with Crippen LogP contribution in [0.2, 0.25) is 0 Å². The van der Waals surface area contributed by atoms with E-state index >= 15 is 0 Å². The van der Waals surface area contributed by atoms with E-state index in [1.54, 1.807) is 24.4 Å². The van der Waals surface area contributed by atoms with Crippen LogP contribution in [0, 0.1) is 0 Å². The number of aromatic nitrogens is 6. The van der Waals surface area contributed by atoms with Crippen molar-refractivity contribution in [2.45, 2.75) is 44.4 Å². The van der Waals surface area contributed by atoms with Gasteiger partial charge in [-0.1, -0.05) is 12.1 Å². The van der Waals surface area contributed by atoms with Gasteiger partial charge in [0.25, 0.3) is 0 Å². The van der Waals surface area contributed by atoms with Crippen LogP contribution < -0.4 is 10.5 Å². The number of nitrogens with zero attached hydrogens (tertiary/aromatic N) is 5. The van der Waals surface area contributed by atoms with Crippen molar-refractivity contribution in [2.75, 3.05) is 0 Å². The summed E-state index contributed by atoms with van der Waals surface area (Å²) in [6, 6.07) is 8.75. The van der Waals surface area contributed by atoms with Crippen LogP contribution in [0.3, 0.4) is 0 Å². The van der Waals surface area contributed by atoms with E-state index in [1.807, 2.05) is 6.07 Å². The Balaban J connectivity index is 1.72. The summed E-state index contributed by atoms with van der Waals surface area (Å²) in [5, 5.41) is 6.71. The number of rotatable bonds is 5. The normalized spacial score (nSPS) is 19.2. The summed E-state index contributed by atoms with van der Waals surface area (Å²) in [5.74, 6) is 1.18. The van der Waals surface area contributed by atoms with Crippen molar-refractivity contribution >= 4 is 11.0 Å². The SMILES string of the molecule is NC1CCCC(n2c(-c3ccccc3OC(F)F)nc3cnc(-c4ncn[nH]4)cc32)C1. The molecule has 10 heteroatoms. The van der Waals surface area contributed by atoms with Crippen molar-refractivity contribution in [3.05, 3.63) is 42.9 Å². The van der Waals surface area contributed by atoms with Crippen LogP contribution >= 0.6 is 0 Å². The second kappa shape index (κ2) is 8.03. The van der Waals surface area contributed by atoms with Crippen molar-refractivity contribution in [1.29, 1.82) is 0 Å². The smallest absolute Gasteiger partial charge is 0.387 e. The monoisotopic (exact) mass is 425 g/mol. The molecule has 5 rings (SSSR count). The Kier molecular flexibility index (Phi) is 5.06. The maximum absolute atomic E-state index is 13.0. The summed E-state index contributed by atoms with van der Waals surface area (Å²) >= 11 is 0. The molecule has 1 aromatic carbocycles. The molecule has 1 saturated carbocycles. The lowest BCUT2D eigenvalue weighted by molar-refractivity contribution is -0.0494. The number of nitrogens with one attached hydrogen (secondary N) is 1. The van der Waals surface area contributed by atoms with E-state index in [0.717, 1.165) is 31.2 Å². The number of para-hydroxylation sites is 1. The van der Waals surface area contributed by atoms with Crippen LogP contribution in [-0.4, -0.2) is 42.4 Å². The Hall–Kier alpha value is -3.40. The van der Waals surface area contributed by atoms with E-state index in [2.05, 4.69) is 24.7 Å². The van der Waals surface area contributed by atoms with E-state index in [4.69, 9.17) is 15.5 Å². The van der Waals surface area contributed by atoms with Crippen molar-refractivity contribution in [2.24, 2.45) is 5.73 Å². The molecule has 3 aromatic heterocycles. The first-order chi connectivity index (χ1) is 15.1. The van der Waals surface area contributed by atoms with E-state index in [0.29, 0.717) is 28.4 Å². The van der Waals surface area contributed by atoms with Crippen LogP contribution in [0.1, 0.15) is 31.7 Å². The minimum absolute atomic E-state index is 0.0761. The van der Waals surface area contributed by atoms with Gasteiger partial charge in [-0.3, -0.25) is 10.1 Å². The summed E-state index contributed by atoms with van der Waals surface area (Å²) < 4.78 is 33.0. The maximum Gasteiger partial charge on any atom is 0.387 e. The molecule has 0 amide bonds. The number of pyridine rings is 1. The molecule has 0 radical (unpaired) electrons. The topological polar surface area (TPSA) is 108 Å². The van der Waals surface area contributed by atoms with Crippen LogP contribution in [-0.2, 0) is 0 Å². The highest BCUT2D eigenvalue weighted by atomic mass is 19.3. The maximum atomic E-state index is 13.0. The predicted molar refractivity (Wildman–Crippen MR) is 110 cm³/mol. The zero-order valence-corrected chi connectivity index (χ0v) is 16.6. The molecular weight excluding hydrogens is 404 g/mol. The fourth-order valence-electron chi connectivity index (χ4n) is 4.30. The lowest BCUT2D eigenvalue weighted by Gasteiger charge is -2.29. The van der Waals surface area contributed by atoms with Gasteiger partial charge in [0.1, 0.15) is 29.1 Å². The average Bonchev–Trinajstić information content (AvgIpc) is 3.41. The average molecular weight is 425 g/mol. The van der Waals surface area contributed by atoms with Crippen molar-refractivity contribution in [1.82, 2.24) is 29.7 Å². The van der Waals surface area contributed by atoms with Crippen LogP contribution in [0.15, 0.2) is 42.9 Å². The quantitative estimate of drug-likeness (QED) is 0.502. The zero-order valence-electron chi connectivity index (χ0n) is 16.6. The van der Waals surface area contributed by atoms with Gasteiger partial charge in [0, 0.05) is 12.1 Å². The zero-order chi connectivity index (χ0) is 21.4. The molecule has 0 bridgehead atoms. The van der Waals surface area contributed by atoms with E-state index < -0.39 is 6.61 Å². The molecule has 3 heterocycles. The molecule has 2 unspecified atom stereocenters. The standard InChI is InChI=1S/C21H21F2N7O/c22-21(23)31-18-7-2-1-6-14(18)20-28-16-10-25-15(19-26-11-27-29-19)9-17(16)30(20)13-5-3-4-12(24)8-13/h1-2,6-7,9-13,21H,3-5,8,24H2,(H,26,27,29). The number of imidazole rings is 1. The third-order valence-corrected chi connectivity index (χ3v) is 5.63. The molecule has 0 spiro atoms. The predicted octanol–water partition coefficient (Wildman–Crippen LogP) is 3.93. The Morgan fingerprint density at radius 1 is 1.19 bits per heavy atom. The molecule has 1 fully saturated rings. The van der Waals surface area contributed by atoms with Gasteiger partial charge in [0.05, 0.1) is 17.3 Å². The summed E-state index contributed by atoms with van der Waals surface area (Å²) in [5.41, 5.74) is 8.89. The summed E-state index contributed by atoms with van der Waals surface area (Å²) in [7, 11) is 0. The Bertz CT molecular complexity index is 1190. The number of aromatic amines is 1. The second-order valence-corrected chi connectivity index (χ2v) is 7.65. The van der Waals surface area contributed by atoms with E-state index in [-0.39, 0.29) is 17.8 Å². The van der Waals surface area contributed by atoms with Crippen molar-refractivity contribution < 1.29 is 13.5 Å². The highest BCUT2D eigenvalue weighted by Crippen LogP contribution is 2.39. The number of hydrogen-bond donors (Lipinski definition) is 2. The fourth-order valence-corrected chi connectivity index (χ4v) is 4.30. The number of H-pyrrole nitrogens is 1. The molecule has 8 nitrogen and oxygen atoms in total. The lowest BCUT2D eigenvalue weighted by Crippen LogP contribution is -2.29. The Labute approximate surface area is 176 Å². The van der Waals surface area contributed by atoms with Gasteiger partial charge in [-0.25, -0.2) is 9.97 Å². The van der Waals surface area contributed by atoms with Crippen LogP contribution in [0.25, 0.3) is 33.9 Å². The number of alkyl halides is 2. The minimum Gasteiger partial charge on any atom is -0.434 e. The van der Waals surface area contributed by atoms with Gasteiger partial charge in [0.15, 0.2) is 5.82 Å². The molecule has 160 valence electrons. The number of fused-ring (bicyclic) bond motifs is 1. The molecule has 31 heavy (non-hydrogen) atoms. The third-order valence-electron chi connectivity index (χ3n) is 5.63. The summed E-state index contributed by atoms with van der Waals surface area (Å²) in [6.07, 6.45) is 6.73. The van der Waals surface area contributed by atoms with Gasteiger partial charge in [-0.2, -0.15) is 13.9 Å². The molecular formula is C21H21F2N7O. The molecule has 1 aliphatic carbocycles. The summed E-state index contributed by atoms with van der Waals surface area (Å²) in [4.78, 5) is 13.4. The highest BCUT2D eigenvalue weighted by molar-refractivity contribution is 5.84. The molecule has 3 N–H and O–H groups in total. The molecule has 1 aliphatic rings. The van der Waals surface area contributed by atoms with Crippen LogP contribution in [0.4, 0.5) is 8.78 Å². The van der Waals surface area contributed by atoms with E-state index in [9.17, 15) is 8.78 Å². The largest absolute Gasteiger partial charge is 0.434 e. The molecule has 4 aromatic rings. The van der Waals surface area contributed by atoms with Gasteiger partial charge in [-0.15, -0.1) is 0 Å². The van der Waals surface area contributed by atoms with Crippen molar-refractivity contribution in [3.8, 4) is 28.7 Å². The number of benzene rings is 1.